The van der Waals surface area contributed by atoms with Crippen molar-refractivity contribution in [3.63, 3.8) is 0 Å². The third-order valence-corrected chi connectivity index (χ3v) is 3.45. The van der Waals surface area contributed by atoms with Crippen LogP contribution < -0.4 is 10.1 Å². The number of benzene rings is 2. The number of hydrogen-bond donors (Lipinski definition) is 2. The molecule has 21 heavy (non-hydrogen) atoms. The standard InChI is InChI=1S/C17H20ClNO2/c1-12(2)19-10-15-16(18)4-3-5-17(15)21-14-8-6-13(11-20)7-9-14/h3-9,12,19-20H,10-11H2,1-2H3. The summed E-state index contributed by atoms with van der Waals surface area (Å²) in [5.41, 5.74) is 1.80. The van der Waals surface area contributed by atoms with Crippen molar-refractivity contribution in [3.05, 3.63) is 58.6 Å². The summed E-state index contributed by atoms with van der Waals surface area (Å²) in [4.78, 5) is 0. The van der Waals surface area contributed by atoms with Crippen LogP contribution in [0.3, 0.4) is 0 Å². The minimum atomic E-state index is 0.0288. The molecule has 0 aliphatic carbocycles. The first-order valence-electron chi connectivity index (χ1n) is 6.98. The van der Waals surface area contributed by atoms with E-state index in [1.165, 1.54) is 0 Å². The summed E-state index contributed by atoms with van der Waals surface area (Å²) in [7, 11) is 0. The summed E-state index contributed by atoms with van der Waals surface area (Å²) < 4.78 is 5.92. The maximum atomic E-state index is 9.05. The first-order valence-corrected chi connectivity index (χ1v) is 7.36. The smallest absolute Gasteiger partial charge is 0.133 e. The highest BCUT2D eigenvalue weighted by atomic mass is 35.5. The van der Waals surface area contributed by atoms with Crippen molar-refractivity contribution in [2.24, 2.45) is 0 Å². The van der Waals surface area contributed by atoms with Crippen LogP contribution in [0.5, 0.6) is 11.5 Å². The predicted molar refractivity (Wildman–Crippen MR) is 85.9 cm³/mol. The third-order valence-electron chi connectivity index (χ3n) is 3.10. The highest BCUT2D eigenvalue weighted by Crippen LogP contribution is 2.30. The van der Waals surface area contributed by atoms with E-state index in [-0.39, 0.29) is 6.61 Å². The van der Waals surface area contributed by atoms with Gasteiger partial charge in [0.15, 0.2) is 0 Å². The molecular formula is C17H20ClNO2. The van der Waals surface area contributed by atoms with Crippen molar-refractivity contribution in [1.29, 1.82) is 0 Å². The van der Waals surface area contributed by atoms with Gasteiger partial charge >= 0.3 is 0 Å². The van der Waals surface area contributed by atoms with E-state index in [2.05, 4.69) is 19.2 Å². The van der Waals surface area contributed by atoms with E-state index >= 15 is 0 Å². The number of nitrogens with one attached hydrogen (secondary N) is 1. The zero-order valence-electron chi connectivity index (χ0n) is 12.3. The topological polar surface area (TPSA) is 41.5 Å². The lowest BCUT2D eigenvalue weighted by Gasteiger charge is -2.15. The fraction of sp³-hybridized carbons (Fsp3) is 0.294. The summed E-state index contributed by atoms with van der Waals surface area (Å²) in [6, 6.07) is 13.4. The summed E-state index contributed by atoms with van der Waals surface area (Å²) in [6.07, 6.45) is 0. The predicted octanol–water partition coefficient (Wildman–Crippen LogP) is 4.12. The van der Waals surface area contributed by atoms with Gasteiger partial charge in [-0.25, -0.2) is 0 Å². The molecule has 2 rings (SSSR count). The van der Waals surface area contributed by atoms with Crippen LogP contribution in [0.4, 0.5) is 0 Å². The molecule has 112 valence electrons. The monoisotopic (exact) mass is 305 g/mol. The summed E-state index contributed by atoms with van der Waals surface area (Å²) in [5.74, 6) is 1.47. The van der Waals surface area contributed by atoms with Gasteiger partial charge in [-0.2, -0.15) is 0 Å². The maximum absolute atomic E-state index is 9.05. The Morgan fingerprint density at radius 2 is 1.86 bits per heavy atom. The molecule has 0 amide bonds. The van der Waals surface area contributed by atoms with Crippen LogP contribution in [-0.2, 0) is 13.2 Å². The highest BCUT2D eigenvalue weighted by Gasteiger charge is 2.09. The molecule has 0 saturated heterocycles. The van der Waals surface area contributed by atoms with Crippen LogP contribution in [0.25, 0.3) is 0 Å². The second kappa shape index (κ2) is 7.46. The number of aliphatic hydroxyl groups excluding tert-OH is 1. The number of aliphatic hydroxyl groups is 1. The first-order chi connectivity index (χ1) is 10.1. The van der Waals surface area contributed by atoms with Gasteiger partial charge in [0.2, 0.25) is 0 Å². The number of ether oxygens (including phenoxy) is 1. The van der Waals surface area contributed by atoms with Gasteiger partial charge in [-0.05, 0) is 29.8 Å². The Hall–Kier alpha value is -1.55. The molecule has 0 atom stereocenters. The molecule has 0 bridgehead atoms. The second-order valence-corrected chi connectivity index (χ2v) is 5.56. The quantitative estimate of drug-likeness (QED) is 0.843. The molecule has 0 heterocycles. The van der Waals surface area contributed by atoms with E-state index in [1.54, 1.807) is 0 Å². The lowest BCUT2D eigenvalue weighted by molar-refractivity contribution is 0.281. The van der Waals surface area contributed by atoms with Gasteiger partial charge < -0.3 is 15.2 Å². The van der Waals surface area contributed by atoms with E-state index in [4.69, 9.17) is 21.4 Å². The van der Waals surface area contributed by atoms with Crippen LogP contribution >= 0.6 is 11.6 Å². The molecule has 0 aliphatic rings. The van der Waals surface area contributed by atoms with Gasteiger partial charge in [0.1, 0.15) is 11.5 Å². The fourth-order valence-corrected chi connectivity index (χ4v) is 2.13. The van der Waals surface area contributed by atoms with E-state index in [9.17, 15) is 0 Å². The first kappa shape index (κ1) is 15.8. The minimum absolute atomic E-state index is 0.0288. The van der Waals surface area contributed by atoms with E-state index < -0.39 is 0 Å². The average molecular weight is 306 g/mol. The number of rotatable bonds is 6. The molecule has 0 unspecified atom stereocenters. The Morgan fingerprint density at radius 3 is 2.48 bits per heavy atom. The van der Waals surface area contributed by atoms with Crippen molar-refractivity contribution in [1.82, 2.24) is 5.32 Å². The normalized spacial score (nSPS) is 10.9. The van der Waals surface area contributed by atoms with E-state index in [0.717, 1.165) is 22.6 Å². The second-order valence-electron chi connectivity index (χ2n) is 5.16. The van der Waals surface area contributed by atoms with Crippen molar-refractivity contribution >= 4 is 11.6 Å². The molecule has 0 saturated carbocycles. The Morgan fingerprint density at radius 1 is 1.14 bits per heavy atom. The van der Waals surface area contributed by atoms with Gasteiger partial charge in [-0.3, -0.25) is 0 Å². The third kappa shape index (κ3) is 4.46. The molecule has 0 radical (unpaired) electrons. The summed E-state index contributed by atoms with van der Waals surface area (Å²) >= 11 is 6.27. The molecule has 0 spiro atoms. The lowest BCUT2D eigenvalue weighted by Crippen LogP contribution is -2.22. The lowest BCUT2D eigenvalue weighted by atomic mass is 10.2. The molecule has 2 aromatic carbocycles. The van der Waals surface area contributed by atoms with Crippen molar-refractivity contribution in [2.75, 3.05) is 0 Å². The van der Waals surface area contributed by atoms with Gasteiger partial charge in [0.25, 0.3) is 0 Å². The van der Waals surface area contributed by atoms with Crippen molar-refractivity contribution in [3.8, 4) is 11.5 Å². The Balaban J connectivity index is 2.19. The van der Waals surface area contributed by atoms with Gasteiger partial charge in [0.05, 0.1) is 6.61 Å². The SMILES string of the molecule is CC(C)NCc1c(Cl)cccc1Oc1ccc(CO)cc1. The molecular weight excluding hydrogens is 286 g/mol. The van der Waals surface area contributed by atoms with Gasteiger partial charge in [-0.15, -0.1) is 0 Å². The largest absolute Gasteiger partial charge is 0.457 e. The molecule has 2 N–H and O–H groups in total. The van der Waals surface area contributed by atoms with Crippen LogP contribution in [0, 0.1) is 0 Å². The van der Waals surface area contributed by atoms with Gasteiger partial charge in [-0.1, -0.05) is 43.6 Å². The fourth-order valence-electron chi connectivity index (χ4n) is 1.90. The number of halogens is 1. The Bertz CT molecular complexity index is 582. The molecule has 0 aliphatic heterocycles. The van der Waals surface area contributed by atoms with Crippen molar-refractivity contribution < 1.29 is 9.84 Å². The summed E-state index contributed by atoms with van der Waals surface area (Å²) in [5, 5.41) is 13.1. The minimum Gasteiger partial charge on any atom is -0.457 e. The van der Waals surface area contributed by atoms with E-state index in [0.29, 0.717) is 17.6 Å². The average Bonchev–Trinajstić information content (AvgIpc) is 2.47. The zero-order chi connectivity index (χ0) is 15.2. The van der Waals surface area contributed by atoms with Crippen molar-refractivity contribution in [2.45, 2.75) is 33.0 Å². The zero-order valence-corrected chi connectivity index (χ0v) is 13.0. The molecule has 0 fully saturated rings. The maximum Gasteiger partial charge on any atom is 0.133 e. The molecule has 0 aromatic heterocycles. The Labute approximate surface area is 130 Å². The molecule has 3 nitrogen and oxygen atoms in total. The van der Waals surface area contributed by atoms with Crippen LogP contribution in [0.2, 0.25) is 5.02 Å². The molecule has 2 aromatic rings. The van der Waals surface area contributed by atoms with Crippen LogP contribution in [-0.4, -0.2) is 11.1 Å². The van der Waals surface area contributed by atoms with Gasteiger partial charge in [0, 0.05) is 23.2 Å². The Kier molecular flexibility index (Phi) is 5.62. The van der Waals surface area contributed by atoms with E-state index in [1.807, 2.05) is 42.5 Å². The van der Waals surface area contributed by atoms with Crippen LogP contribution in [0.1, 0.15) is 25.0 Å². The highest BCUT2D eigenvalue weighted by molar-refractivity contribution is 6.31. The molecule has 4 heteroatoms. The van der Waals surface area contributed by atoms with Crippen LogP contribution in [0.15, 0.2) is 42.5 Å². The summed E-state index contributed by atoms with van der Waals surface area (Å²) in [6.45, 7) is 4.86. The number of hydrogen-bond acceptors (Lipinski definition) is 3.